The van der Waals surface area contributed by atoms with Crippen LogP contribution in [0.3, 0.4) is 0 Å². The quantitative estimate of drug-likeness (QED) is 0.356. The number of benzene rings is 1. The molecular formula is C11H12N2O5. The fourth-order valence-electron chi connectivity index (χ4n) is 1.18. The van der Waals surface area contributed by atoms with E-state index in [2.05, 4.69) is 5.32 Å². The number of nitrogens with zero attached hydrogens (tertiary/aromatic N) is 1. The number of allylic oxidation sites excluding steroid dienone is 1. The molecule has 0 amide bonds. The molecule has 0 bridgehead atoms. The first-order chi connectivity index (χ1) is 8.60. The van der Waals surface area contributed by atoms with Gasteiger partial charge in [0.1, 0.15) is 11.5 Å². The van der Waals surface area contributed by atoms with Crippen LogP contribution in [0.4, 0.5) is 5.69 Å². The van der Waals surface area contributed by atoms with Gasteiger partial charge in [-0.2, -0.15) is 0 Å². The topological polar surface area (TPSA) is 90.7 Å². The Balaban J connectivity index is 2.96. The third-order valence-corrected chi connectivity index (χ3v) is 2.07. The van der Waals surface area contributed by atoms with Crippen LogP contribution in [-0.4, -0.2) is 25.4 Å². The minimum atomic E-state index is -0.780. The highest BCUT2D eigenvalue weighted by atomic mass is 16.6. The summed E-state index contributed by atoms with van der Waals surface area (Å²) in [7, 11) is 2.98. The highest BCUT2D eigenvalue weighted by molar-refractivity contribution is 5.70. The molecule has 96 valence electrons. The Morgan fingerprint density at radius 3 is 2.22 bits per heavy atom. The normalized spacial score (nSPS) is 10.7. The SMILES string of the molecule is COc1cc(N/C=C(\C=O)[N+](=O)[O-])cc(OC)c1. The number of methoxy groups -OCH3 is 2. The molecule has 0 aliphatic heterocycles. The first kappa shape index (κ1) is 13.5. The summed E-state index contributed by atoms with van der Waals surface area (Å²) in [4.78, 5) is 20.0. The van der Waals surface area contributed by atoms with Crippen molar-refractivity contribution in [2.75, 3.05) is 19.5 Å². The van der Waals surface area contributed by atoms with Crippen molar-refractivity contribution in [2.24, 2.45) is 0 Å². The first-order valence-electron chi connectivity index (χ1n) is 4.90. The minimum absolute atomic E-state index is 0.157. The maximum absolute atomic E-state index is 10.4. The van der Waals surface area contributed by atoms with Crippen molar-refractivity contribution in [3.8, 4) is 11.5 Å². The van der Waals surface area contributed by atoms with Gasteiger partial charge in [0.05, 0.1) is 25.3 Å². The van der Waals surface area contributed by atoms with E-state index >= 15 is 0 Å². The van der Waals surface area contributed by atoms with Gasteiger partial charge >= 0.3 is 5.70 Å². The third-order valence-electron chi connectivity index (χ3n) is 2.07. The number of hydrogen-bond donors (Lipinski definition) is 1. The lowest BCUT2D eigenvalue weighted by Gasteiger charge is -2.07. The second-order valence-electron chi connectivity index (χ2n) is 3.19. The fraction of sp³-hybridized carbons (Fsp3) is 0.182. The highest BCUT2D eigenvalue weighted by Crippen LogP contribution is 2.25. The van der Waals surface area contributed by atoms with E-state index in [-0.39, 0.29) is 6.29 Å². The van der Waals surface area contributed by atoms with E-state index in [0.29, 0.717) is 17.2 Å². The molecule has 1 aromatic carbocycles. The van der Waals surface area contributed by atoms with Gasteiger partial charge in [-0.1, -0.05) is 0 Å². The largest absolute Gasteiger partial charge is 0.497 e. The van der Waals surface area contributed by atoms with E-state index in [1.807, 2.05) is 0 Å². The molecular weight excluding hydrogens is 240 g/mol. The van der Waals surface area contributed by atoms with Crippen LogP contribution < -0.4 is 14.8 Å². The lowest BCUT2D eigenvalue weighted by Crippen LogP contribution is -2.03. The number of ether oxygens (including phenoxy) is 2. The van der Waals surface area contributed by atoms with E-state index in [1.54, 1.807) is 18.2 Å². The number of nitro groups is 1. The Kier molecular flexibility index (Phi) is 4.67. The number of nitrogens with one attached hydrogen (secondary N) is 1. The van der Waals surface area contributed by atoms with Crippen molar-refractivity contribution in [2.45, 2.75) is 0 Å². The Labute approximate surface area is 103 Å². The van der Waals surface area contributed by atoms with Gasteiger partial charge in [0.25, 0.3) is 0 Å². The van der Waals surface area contributed by atoms with Crippen molar-refractivity contribution >= 4 is 12.0 Å². The first-order valence-corrected chi connectivity index (χ1v) is 4.90. The van der Waals surface area contributed by atoms with Gasteiger partial charge in [-0.3, -0.25) is 14.9 Å². The number of rotatable bonds is 6. The van der Waals surface area contributed by atoms with Crippen LogP contribution in [0.2, 0.25) is 0 Å². The van der Waals surface area contributed by atoms with E-state index in [9.17, 15) is 14.9 Å². The van der Waals surface area contributed by atoms with E-state index < -0.39 is 10.6 Å². The minimum Gasteiger partial charge on any atom is -0.497 e. The number of carbonyl (C=O) groups excluding carboxylic acids is 1. The van der Waals surface area contributed by atoms with Crippen molar-refractivity contribution in [1.82, 2.24) is 0 Å². The lowest BCUT2D eigenvalue weighted by molar-refractivity contribution is -0.417. The molecule has 0 saturated carbocycles. The molecule has 0 saturated heterocycles. The van der Waals surface area contributed by atoms with Crippen LogP contribution in [0.25, 0.3) is 0 Å². The predicted molar refractivity (Wildman–Crippen MR) is 64.3 cm³/mol. The zero-order valence-corrected chi connectivity index (χ0v) is 9.88. The number of aldehydes is 1. The van der Waals surface area contributed by atoms with E-state index in [0.717, 1.165) is 6.20 Å². The van der Waals surface area contributed by atoms with Crippen LogP contribution in [0.15, 0.2) is 30.1 Å². The molecule has 18 heavy (non-hydrogen) atoms. The predicted octanol–water partition coefficient (Wildman–Crippen LogP) is 1.43. The standard InChI is InChI=1S/C11H12N2O5/c1-17-10-3-8(4-11(5-10)18-2)12-6-9(7-14)13(15)16/h3-7,12H,1-2H3/b9-6+. The summed E-state index contributed by atoms with van der Waals surface area (Å²) < 4.78 is 10.1. The summed E-state index contributed by atoms with van der Waals surface area (Å²) >= 11 is 0. The molecule has 1 rings (SSSR count). The Hall–Kier alpha value is -2.57. The zero-order chi connectivity index (χ0) is 13.5. The van der Waals surface area contributed by atoms with Crippen LogP contribution in [-0.2, 0) is 4.79 Å². The molecule has 0 aliphatic rings. The van der Waals surface area contributed by atoms with E-state index in [1.165, 1.54) is 14.2 Å². The Bertz CT molecular complexity index is 462. The lowest BCUT2D eigenvalue weighted by atomic mass is 10.3. The van der Waals surface area contributed by atoms with E-state index in [4.69, 9.17) is 9.47 Å². The van der Waals surface area contributed by atoms with Crippen molar-refractivity contribution in [1.29, 1.82) is 0 Å². The second-order valence-corrected chi connectivity index (χ2v) is 3.19. The van der Waals surface area contributed by atoms with Crippen LogP contribution in [0.5, 0.6) is 11.5 Å². The molecule has 0 unspecified atom stereocenters. The van der Waals surface area contributed by atoms with Gasteiger partial charge in [-0.15, -0.1) is 0 Å². The molecule has 0 fully saturated rings. The van der Waals surface area contributed by atoms with Gasteiger partial charge < -0.3 is 14.8 Å². The van der Waals surface area contributed by atoms with Crippen molar-refractivity contribution < 1.29 is 19.2 Å². The molecule has 0 heterocycles. The smallest absolute Gasteiger partial charge is 0.324 e. The maximum Gasteiger partial charge on any atom is 0.324 e. The fourth-order valence-corrected chi connectivity index (χ4v) is 1.18. The monoisotopic (exact) mass is 252 g/mol. The van der Waals surface area contributed by atoms with Crippen LogP contribution >= 0.6 is 0 Å². The summed E-state index contributed by atoms with van der Waals surface area (Å²) in [6.07, 6.45) is 1.16. The van der Waals surface area contributed by atoms with Crippen molar-refractivity contribution in [3.05, 3.63) is 40.2 Å². The zero-order valence-electron chi connectivity index (χ0n) is 9.88. The van der Waals surface area contributed by atoms with Gasteiger partial charge in [0.15, 0.2) is 0 Å². The van der Waals surface area contributed by atoms with Crippen molar-refractivity contribution in [3.63, 3.8) is 0 Å². The molecule has 0 aliphatic carbocycles. The Morgan fingerprint density at radius 1 is 1.28 bits per heavy atom. The van der Waals surface area contributed by atoms with Gasteiger partial charge in [0, 0.05) is 23.9 Å². The van der Waals surface area contributed by atoms with Crippen LogP contribution in [0, 0.1) is 10.1 Å². The molecule has 0 radical (unpaired) electrons. The van der Waals surface area contributed by atoms with Gasteiger partial charge in [-0.05, 0) is 0 Å². The van der Waals surface area contributed by atoms with Gasteiger partial charge in [0.2, 0.25) is 6.29 Å². The van der Waals surface area contributed by atoms with Gasteiger partial charge in [-0.25, -0.2) is 0 Å². The summed E-state index contributed by atoms with van der Waals surface area (Å²) in [5, 5.41) is 13.0. The number of hydrogen-bond acceptors (Lipinski definition) is 6. The summed E-state index contributed by atoms with van der Waals surface area (Å²) in [5.41, 5.74) is -0.0656. The number of anilines is 1. The molecule has 7 nitrogen and oxygen atoms in total. The summed E-state index contributed by atoms with van der Waals surface area (Å²) in [5.74, 6) is 1.05. The summed E-state index contributed by atoms with van der Waals surface area (Å²) in [6.45, 7) is 0. The molecule has 7 heteroatoms. The second kappa shape index (κ2) is 6.24. The molecule has 0 aromatic heterocycles. The molecule has 0 atom stereocenters. The third kappa shape index (κ3) is 3.48. The number of carbonyl (C=O) groups is 1. The molecule has 1 aromatic rings. The van der Waals surface area contributed by atoms with Crippen LogP contribution in [0.1, 0.15) is 0 Å². The molecule has 1 N–H and O–H groups in total. The average molecular weight is 252 g/mol. The summed E-state index contributed by atoms with van der Waals surface area (Å²) in [6, 6.07) is 4.88. The molecule has 0 spiro atoms. The average Bonchev–Trinajstić information content (AvgIpc) is 2.38. The highest BCUT2D eigenvalue weighted by Gasteiger charge is 2.08. The maximum atomic E-state index is 10.4. The Morgan fingerprint density at radius 2 is 1.83 bits per heavy atom.